The molecule has 0 atom stereocenters. The van der Waals surface area contributed by atoms with E-state index in [1.165, 1.54) is 24.3 Å². The van der Waals surface area contributed by atoms with Crippen LogP contribution in [0.1, 0.15) is 10.4 Å². The molecule has 0 aliphatic carbocycles. The number of rotatable bonds is 4. The number of anilines is 1. The van der Waals surface area contributed by atoms with E-state index < -0.39 is 0 Å². The Bertz CT molecular complexity index is 784. The molecule has 0 saturated carbocycles. The first-order valence-electron chi connectivity index (χ1n) is 7.10. The van der Waals surface area contributed by atoms with Gasteiger partial charge in [-0.3, -0.25) is 4.79 Å². The highest BCUT2D eigenvalue weighted by molar-refractivity contribution is 6.04. The van der Waals surface area contributed by atoms with Crippen LogP contribution < -0.4 is 10.1 Å². The summed E-state index contributed by atoms with van der Waals surface area (Å²) in [5.74, 6) is 0.761. The molecule has 0 aliphatic rings. The number of hydrogen-bond donors (Lipinski definition) is 1. The van der Waals surface area contributed by atoms with Gasteiger partial charge in [-0.05, 0) is 60.7 Å². The van der Waals surface area contributed by atoms with Crippen molar-refractivity contribution in [2.24, 2.45) is 0 Å². The predicted octanol–water partition coefficient (Wildman–Crippen LogP) is 4.87. The summed E-state index contributed by atoms with van der Waals surface area (Å²) in [6.07, 6.45) is 0. The molecule has 3 aromatic rings. The molecule has 1 amide bonds. The Morgan fingerprint density at radius 2 is 1.39 bits per heavy atom. The number of halogens is 1. The zero-order valence-corrected chi connectivity index (χ0v) is 12.2. The second-order valence-corrected chi connectivity index (χ2v) is 4.90. The number of benzene rings is 3. The van der Waals surface area contributed by atoms with Gasteiger partial charge in [0.1, 0.15) is 17.3 Å². The SMILES string of the molecule is O=C(Nc1ccc(Oc2ccccc2)cc1)c1ccc(F)cc1. The fraction of sp³-hybridized carbons (Fsp3) is 0. The molecule has 3 rings (SSSR count). The van der Waals surface area contributed by atoms with E-state index in [-0.39, 0.29) is 11.7 Å². The number of nitrogens with one attached hydrogen (secondary N) is 1. The number of ether oxygens (including phenoxy) is 1. The number of carbonyl (C=O) groups excluding carboxylic acids is 1. The molecule has 3 nitrogen and oxygen atoms in total. The largest absolute Gasteiger partial charge is 0.457 e. The average Bonchev–Trinajstić information content (AvgIpc) is 2.58. The van der Waals surface area contributed by atoms with E-state index in [9.17, 15) is 9.18 Å². The third kappa shape index (κ3) is 3.95. The Balaban J connectivity index is 1.65. The zero-order valence-electron chi connectivity index (χ0n) is 12.2. The lowest BCUT2D eigenvalue weighted by Gasteiger charge is -2.08. The summed E-state index contributed by atoms with van der Waals surface area (Å²) in [6.45, 7) is 0. The van der Waals surface area contributed by atoms with Gasteiger partial charge in [0, 0.05) is 11.3 Å². The van der Waals surface area contributed by atoms with Gasteiger partial charge in [0.25, 0.3) is 5.91 Å². The highest BCUT2D eigenvalue weighted by Gasteiger charge is 2.06. The van der Waals surface area contributed by atoms with Gasteiger partial charge < -0.3 is 10.1 Å². The first-order valence-corrected chi connectivity index (χ1v) is 7.10. The van der Waals surface area contributed by atoms with E-state index >= 15 is 0 Å². The minimum atomic E-state index is -0.371. The molecule has 114 valence electrons. The normalized spacial score (nSPS) is 10.1. The van der Waals surface area contributed by atoms with Gasteiger partial charge in [0.2, 0.25) is 0 Å². The summed E-state index contributed by atoms with van der Waals surface area (Å²) in [6, 6.07) is 21.9. The Morgan fingerprint density at radius 1 is 0.783 bits per heavy atom. The predicted molar refractivity (Wildman–Crippen MR) is 87.3 cm³/mol. The topological polar surface area (TPSA) is 38.3 Å². The average molecular weight is 307 g/mol. The summed E-state index contributed by atoms with van der Waals surface area (Å²) in [5.41, 5.74) is 1.04. The molecule has 0 saturated heterocycles. The molecule has 1 N–H and O–H groups in total. The fourth-order valence-corrected chi connectivity index (χ4v) is 2.04. The summed E-state index contributed by atoms with van der Waals surface area (Å²) >= 11 is 0. The summed E-state index contributed by atoms with van der Waals surface area (Å²) in [5, 5.41) is 2.75. The zero-order chi connectivity index (χ0) is 16.1. The Hall–Kier alpha value is -3.14. The minimum absolute atomic E-state index is 0.290. The van der Waals surface area contributed by atoms with Crippen molar-refractivity contribution < 1.29 is 13.9 Å². The number of hydrogen-bond acceptors (Lipinski definition) is 2. The van der Waals surface area contributed by atoms with Crippen LogP contribution in [0.4, 0.5) is 10.1 Å². The van der Waals surface area contributed by atoms with Crippen LogP contribution in [0.3, 0.4) is 0 Å². The van der Waals surface area contributed by atoms with Crippen LogP contribution >= 0.6 is 0 Å². The molecular formula is C19H14FNO2. The maximum atomic E-state index is 12.9. The van der Waals surface area contributed by atoms with Crippen LogP contribution in [-0.2, 0) is 0 Å². The van der Waals surface area contributed by atoms with Crippen LogP contribution in [0.25, 0.3) is 0 Å². The molecule has 0 unspecified atom stereocenters. The van der Waals surface area contributed by atoms with Crippen molar-refractivity contribution in [1.82, 2.24) is 0 Å². The van der Waals surface area contributed by atoms with Gasteiger partial charge in [-0.25, -0.2) is 4.39 Å². The van der Waals surface area contributed by atoms with Crippen LogP contribution in [0, 0.1) is 5.82 Å². The molecule has 0 spiro atoms. The van der Waals surface area contributed by atoms with Crippen LogP contribution in [0.15, 0.2) is 78.9 Å². The maximum Gasteiger partial charge on any atom is 0.255 e. The Kier molecular flexibility index (Phi) is 4.34. The molecule has 23 heavy (non-hydrogen) atoms. The standard InChI is InChI=1S/C19H14FNO2/c20-15-8-6-14(7-9-15)19(22)21-16-10-12-18(13-11-16)23-17-4-2-1-3-5-17/h1-13H,(H,21,22). The number of amides is 1. The third-order valence-electron chi connectivity index (χ3n) is 3.20. The van der Waals surface area contributed by atoms with Crippen molar-refractivity contribution in [3.8, 4) is 11.5 Å². The fourth-order valence-electron chi connectivity index (χ4n) is 2.04. The highest BCUT2D eigenvalue weighted by atomic mass is 19.1. The van der Waals surface area contributed by atoms with Crippen LogP contribution in [-0.4, -0.2) is 5.91 Å². The van der Waals surface area contributed by atoms with Gasteiger partial charge in [-0.2, -0.15) is 0 Å². The monoisotopic (exact) mass is 307 g/mol. The molecular weight excluding hydrogens is 293 g/mol. The van der Waals surface area contributed by atoms with E-state index in [1.807, 2.05) is 30.3 Å². The van der Waals surface area contributed by atoms with Gasteiger partial charge in [0.15, 0.2) is 0 Å². The summed E-state index contributed by atoms with van der Waals surface area (Å²) in [7, 11) is 0. The summed E-state index contributed by atoms with van der Waals surface area (Å²) < 4.78 is 18.5. The van der Waals surface area contributed by atoms with Gasteiger partial charge in [-0.1, -0.05) is 18.2 Å². The Morgan fingerprint density at radius 3 is 2.04 bits per heavy atom. The number of carbonyl (C=O) groups is 1. The van der Waals surface area contributed by atoms with Crippen LogP contribution in [0.5, 0.6) is 11.5 Å². The van der Waals surface area contributed by atoms with Crippen molar-refractivity contribution in [1.29, 1.82) is 0 Å². The van der Waals surface area contributed by atoms with E-state index in [0.717, 1.165) is 5.75 Å². The third-order valence-corrected chi connectivity index (χ3v) is 3.20. The van der Waals surface area contributed by atoms with E-state index in [2.05, 4.69) is 5.32 Å². The van der Waals surface area contributed by atoms with Crippen molar-refractivity contribution in [2.75, 3.05) is 5.32 Å². The highest BCUT2D eigenvalue weighted by Crippen LogP contribution is 2.22. The van der Waals surface area contributed by atoms with Gasteiger partial charge in [0.05, 0.1) is 0 Å². The lowest BCUT2D eigenvalue weighted by atomic mass is 10.2. The van der Waals surface area contributed by atoms with Crippen LogP contribution in [0.2, 0.25) is 0 Å². The van der Waals surface area contributed by atoms with Crippen molar-refractivity contribution in [2.45, 2.75) is 0 Å². The first kappa shape index (κ1) is 14.8. The second-order valence-electron chi connectivity index (χ2n) is 4.90. The molecule has 0 aromatic heterocycles. The molecule has 0 radical (unpaired) electrons. The molecule has 0 aliphatic heterocycles. The van der Waals surface area contributed by atoms with Gasteiger partial charge in [-0.15, -0.1) is 0 Å². The van der Waals surface area contributed by atoms with E-state index in [4.69, 9.17) is 4.74 Å². The molecule has 4 heteroatoms. The van der Waals surface area contributed by atoms with Crippen molar-refractivity contribution in [3.05, 3.63) is 90.2 Å². The van der Waals surface area contributed by atoms with E-state index in [0.29, 0.717) is 17.0 Å². The minimum Gasteiger partial charge on any atom is -0.457 e. The van der Waals surface area contributed by atoms with Crippen molar-refractivity contribution >= 4 is 11.6 Å². The molecule has 0 bridgehead atoms. The summed E-state index contributed by atoms with van der Waals surface area (Å²) in [4.78, 5) is 12.0. The molecule has 3 aromatic carbocycles. The van der Waals surface area contributed by atoms with Crippen molar-refractivity contribution in [3.63, 3.8) is 0 Å². The quantitative estimate of drug-likeness (QED) is 0.746. The molecule has 0 fully saturated rings. The van der Waals surface area contributed by atoms with Gasteiger partial charge >= 0.3 is 0 Å². The van der Waals surface area contributed by atoms with E-state index in [1.54, 1.807) is 24.3 Å². The first-order chi connectivity index (χ1) is 11.2. The maximum absolute atomic E-state index is 12.9. The lowest BCUT2D eigenvalue weighted by Crippen LogP contribution is -2.11. The molecule has 0 heterocycles. The number of para-hydroxylation sites is 1. The Labute approximate surface area is 133 Å². The lowest BCUT2D eigenvalue weighted by molar-refractivity contribution is 0.102. The smallest absolute Gasteiger partial charge is 0.255 e. The second kappa shape index (κ2) is 6.75.